The number of para-hydroxylation sites is 1. The van der Waals surface area contributed by atoms with Crippen LogP contribution >= 0.6 is 11.6 Å². The van der Waals surface area contributed by atoms with E-state index in [-0.39, 0.29) is 39.2 Å². The number of likely N-dealkylation sites (tertiary alicyclic amines) is 1. The van der Waals surface area contributed by atoms with Crippen molar-refractivity contribution < 1.29 is 22.7 Å². The Bertz CT molecular complexity index is 1520. The van der Waals surface area contributed by atoms with E-state index in [9.17, 15) is 22.7 Å². The molecule has 0 saturated carbocycles. The van der Waals surface area contributed by atoms with Crippen LogP contribution in [0.2, 0.25) is 5.02 Å². The lowest BCUT2D eigenvalue weighted by atomic mass is 10.1. The van der Waals surface area contributed by atoms with Crippen molar-refractivity contribution in [3.8, 4) is 5.75 Å². The molecule has 3 aromatic carbocycles. The number of piperidine rings is 1. The lowest BCUT2D eigenvalue weighted by Gasteiger charge is -2.43. The maximum absolute atomic E-state index is 13.7. The van der Waals surface area contributed by atoms with Crippen molar-refractivity contribution >= 4 is 38.7 Å². The van der Waals surface area contributed by atoms with Crippen LogP contribution in [0.3, 0.4) is 0 Å². The van der Waals surface area contributed by atoms with Crippen LogP contribution < -0.4 is 9.80 Å². The van der Waals surface area contributed by atoms with Gasteiger partial charge in [0.05, 0.1) is 26.4 Å². The number of amides is 1. The summed E-state index contributed by atoms with van der Waals surface area (Å²) in [4.78, 5) is 19.4. The maximum atomic E-state index is 13.7. The van der Waals surface area contributed by atoms with Crippen molar-refractivity contribution in [3.05, 3.63) is 83.1 Å². The Morgan fingerprint density at radius 3 is 2.23 bits per heavy atom. The molecule has 0 radical (unpaired) electrons. The molecule has 1 amide bonds. The van der Waals surface area contributed by atoms with E-state index in [1.54, 1.807) is 11.0 Å². The van der Waals surface area contributed by atoms with Crippen LogP contribution in [0, 0.1) is 5.82 Å². The third-order valence-electron chi connectivity index (χ3n) is 8.49. The van der Waals surface area contributed by atoms with Gasteiger partial charge in [0.15, 0.2) is 9.84 Å². The zero-order valence-electron chi connectivity index (χ0n) is 21.9. The van der Waals surface area contributed by atoms with Gasteiger partial charge in [-0.25, -0.2) is 12.8 Å². The van der Waals surface area contributed by atoms with Crippen molar-refractivity contribution in [2.75, 3.05) is 36.0 Å². The molecule has 210 valence electrons. The van der Waals surface area contributed by atoms with Crippen LogP contribution in [0.25, 0.3) is 0 Å². The summed E-state index contributed by atoms with van der Waals surface area (Å²) in [7, 11) is -3.60. The van der Waals surface area contributed by atoms with Gasteiger partial charge in [-0.2, -0.15) is 0 Å². The second-order valence-corrected chi connectivity index (χ2v) is 13.5. The van der Waals surface area contributed by atoms with Crippen LogP contribution in [0.4, 0.5) is 15.8 Å². The molecule has 2 atom stereocenters. The summed E-state index contributed by atoms with van der Waals surface area (Å²) in [5.41, 5.74) is 1.84. The van der Waals surface area contributed by atoms with Crippen molar-refractivity contribution in [2.24, 2.45) is 0 Å². The second kappa shape index (κ2) is 10.6. The van der Waals surface area contributed by atoms with E-state index in [1.165, 1.54) is 24.3 Å². The summed E-state index contributed by atoms with van der Waals surface area (Å²) < 4.78 is 40.9. The SMILES string of the molecule is O=C(c1ccc(F)cc1Cl)N1CC2CCC(C1)N2c1cc(S(=O)(=O)C2CCN(c3ccccc3)CC2)ccc1O. The van der Waals surface area contributed by atoms with Gasteiger partial charge in [-0.15, -0.1) is 0 Å². The molecule has 3 aliphatic rings. The van der Waals surface area contributed by atoms with Crippen molar-refractivity contribution in [1.29, 1.82) is 0 Å². The normalized spacial score (nSPS) is 21.6. The van der Waals surface area contributed by atoms with Gasteiger partial charge in [0.25, 0.3) is 5.91 Å². The Labute approximate surface area is 238 Å². The van der Waals surface area contributed by atoms with Gasteiger partial charge in [0, 0.05) is 44.0 Å². The van der Waals surface area contributed by atoms with Crippen LogP contribution in [-0.2, 0) is 9.84 Å². The van der Waals surface area contributed by atoms with E-state index >= 15 is 0 Å². The first-order valence-corrected chi connectivity index (χ1v) is 15.5. The van der Waals surface area contributed by atoms with Gasteiger partial charge in [-0.3, -0.25) is 4.79 Å². The minimum Gasteiger partial charge on any atom is -0.506 e. The predicted molar refractivity (Wildman–Crippen MR) is 154 cm³/mol. The number of phenolic OH excluding ortho intramolecular Hbond substituents is 1. The van der Waals surface area contributed by atoms with Crippen molar-refractivity contribution in [1.82, 2.24) is 4.90 Å². The van der Waals surface area contributed by atoms with E-state index in [2.05, 4.69) is 9.80 Å². The fraction of sp³-hybridized carbons (Fsp3) is 0.367. The Kier molecular flexibility index (Phi) is 7.12. The molecular formula is C30H31ClFN3O4S. The van der Waals surface area contributed by atoms with E-state index in [0.29, 0.717) is 44.7 Å². The van der Waals surface area contributed by atoms with E-state index < -0.39 is 20.9 Å². The highest BCUT2D eigenvalue weighted by Gasteiger charge is 2.43. The summed E-state index contributed by atoms with van der Waals surface area (Å²) in [6.07, 6.45) is 2.68. The molecule has 1 N–H and O–H groups in total. The van der Waals surface area contributed by atoms with Gasteiger partial charge in [-0.05, 0) is 74.2 Å². The number of aromatic hydroxyl groups is 1. The Morgan fingerprint density at radius 1 is 0.900 bits per heavy atom. The molecular weight excluding hydrogens is 553 g/mol. The minimum absolute atomic E-state index is 0.0242. The summed E-state index contributed by atoms with van der Waals surface area (Å²) in [5.74, 6) is -0.737. The highest BCUT2D eigenvalue weighted by molar-refractivity contribution is 7.92. The molecule has 2 unspecified atom stereocenters. The number of carbonyl (C=O) groups is 1. The Balaban J connectivity index is 1.19. The fourth-order valence-corrected chi connectivity index (χ4v) is 8.44. The standard InChI is InChI=1S/C30H31ClFN3O4S/c31-27-16-20(32)6-10-26(27)30(37)34-18-22-7-8-23(19-34)35(22)28-17-25(9-11-29(28)36)40(38,39)24-12-14-33(15-13-24)21-4-2-1-3-5-21/h1-6,9-11,16-17,22-24,36H,7-8,12-15,18-19H2. The lowest BCUT2D eigenvalue weighted by Crippen LogP contribution is -2.55. The monoisotopic (exact) mass is 583 g/mol. The third kappa shape index (κ3) is 4.90. The zero-order valence-corrected chi connectivity index (χ0v) is 23.5. The van der Waals surface area contributed by atoms with Crippen molar-refractivity contribution in [3.63, 3.8) is 0 Å². The zero-order chi connectivity index (χ0) is 28.0. The van der Waals surface area contributed by atoms with E-state index in [1.807, 2.05) is 30.3 Å². The van der Waals surface area contributed by atoms with Gasteiger partial charge in [-0.1, -0.05) is 29.8 Å². The second-order valence-electron chi connectivity index (χ2n) is 10.8. The molecule has 7 nitrogen and oxygen atoms in total. The number of anilines is 2. The molecule has 3 heterocycles. The molecule has 2 bridgehead atoms. The van der Waals surface area contributed by atoms with Crippen LogP contribution in [0.1, 0.15) is 36.0 Å². The number of sulfone groups is 1. The van der Waals surface area contributed by atoms with Gasteiger partial charge in [0.2, 0.25) is 0 Å². The number of nitrogens with zero attached hydrogens (tertiary/aromatic N) is 3. The number of fused-ring (bicyclic) bond motifs is 2. The predicted octanol–water partition coefficient (Wildman–Crippen LogP) is 5.12. The average Bonchev–Trinajstić information content (AvgIpc) is 3.21. The molecule has 10 heteroatoms. The maximum Gasteiger partial charge on any atom is 0.255 e. The fourth-order valence-electron chi connectivity index (χ4n) is 6.44. The highest BCUT2D eigenvalue weighted by Crippen LogP contribution is 2.41. The summed E-state index contributed by atoms with van der Waals surface area (Å²) in [5, 5.41) is 10.4. The van der Waals surface area contributed by atoms with Gasteiger partial charge < -0.3 is 19.8 Å². The molecule has 3 saturated heterocycles. The van der Waals surface area contributed by atoms with Crippen molar-refractivity contribution in [2.45, 2.75) is 47.9 Å². The molecule has 0 aromatic heterocycles. The minimum atomic E-state index is -3.60. The molecule has 3 aliphatic heterocycles. The summed E-state index contributed by atoms with van der Waals surface area (Å²) in [6.45, 7) is 2.13. The third-order valence-corrected chi connectivity index (χ3v) is 11.1. The molecule has 3 aromatic rings. The topological polar surface area (TPSA) is 81.2 Å². The number of halogens is 2. The first-order chi connectivity index (χ1) is 19.2. The number of hydrogen-bond acceptors (Lipinski definition) is 6. The van der Waals surface area contributed by atoms with Crippen LogP contribution in [-0.4, -0.2) is 67.8 Å². The quantitative estimate of drug-likeness (QED) is 0.449. The molecule has 6 rings (SSSR count). The highest BCUT2D eigenvalue weighted by atomic mass is 35.5. The number of piperazine rings is 1. The van der Waals surface area contributed by atoms with E-state index in [4.69, 9.17) is 11.6 Å². The number of phenols is 1. The largest absolute Gasteiger partial charge is 0.506 e. The molecule has 0 aliphatic carbocycles. The van der Waals surface area contributed by atoms with Crippen LogP contribution in [0.15, 0.2) is 71.6 Å². The summed E-state index contributed by atoms with van der Waals surface area (Å²) >= 11 is 6.15. The molecule has 40 heavy (non-hydrogen) atoms. The number of carbonyl (C=O) groups excluding carboxylic acids is 1. The number of rotatable bonds is 5. The molecule has 3 fully saturated rings. The van der Waals surface area contributed by atoms with E-state index in [0.717, 1.165) is 24.6 Å². The number of benzene rings is 3. The first kappa shape index (κ1) is 26.9. The van der Waals surface area contributed by atoms with Gasteiger partial charge in [0.1, 0.15) is 11.6 Å². The lowest BCUT2D eigenvalue weighted by molar-refractivity contribution is 0.0718. The Hall–Kier alpha value is -3.30. The average molecular weight is 584 g/mol. The van der Waals surface area contributed by atoms with Gasteiger partial charge >= 0.3 is 0 Å². The first-order valence-electron chi connectivity index (χ1n) is 13.6. The van der Waals surface area contributed by atoms with Crippen LogP contribution in [0.5, 0.6) is 5.75 Å². The smallest absolute Gasteiger partial charge is 0.255 e. The molecule has 0 spiro atoms. The number of hydrogen-bond donors (Lipinski definition) is 1. The summed E-state index contributed by atoms with van der Waals surface area (Å²) in [6, 6.07) is 18.2. The Morgan fingerprint density at radius 2 is 1.57 bits per heavy atom.